The topological polar surface area (TPSA) is 64.9 Å². The number of aryl methyl sites for hydroxylation is 1. The van der Waals surface area contributed by atoms with Crippen LogP contribution in [0.2, 0.25) is 0 Å². The molecule has 0 N–H and O–H groups in total. The predicted octanol–water partition coefficient (Wildman–Crippen LogP) is 2.43. The van der Waals surface area contributed by atoms with Crippen LogP contribution in [0.15, 0.2) is 18.2 Å². The van der Waals surface area contributed by atoms with Crippen molar-refractivity contribution in [3.8, 4) is 0 Å². The van der Waals surface area contributed by atoms with E-state index in [1.807, 2.05) is 14.5 Å². The Morgan fingerprint density at radius 1 is 1.00 bits per heavy atom. The van der Waals surface area contributed by atoms with E-state index in [4.69, 9.17) is 5.10 Å². The van der Waals surface area contributed by atoms with Gasteiger partial charge in [-0.2, -0.15) is 5.10 Å². The molecular weight excluding hydrogens is 464 g/mol. The first kappa shape index (κ1) is 23.3. The van der Waals surface area contributed by atoms with E-state index >= 15 is 0 Å². The molecule has 2 aliphatic carbocycles. The molecular formula is C29H38N6O2. The molecule has 37 heavy (non-hydrogen) atoms. The highest BCUT2D eigenvalue weighted by Crippen LogP contribution is 2.57. The van der Waals surface area contributed by atoms with Crippen molar-refractivity contribution in [2.24, 2.45) is 5.92 Å². The van der Waals surface area contributed by atoms with Gasteiger partial charge in [0.05, 0.1) is 0 Å². The molecule has 2 unspecified atom stereocenters. The van der Waals surface area contributed by atoms with Gasteiger partial charge in [-0.25, -0.2) is 0 Å². The molecule has 4 atom stereocenters. The Balaban J connectivity index is 1.05. The molecule has 8 nitrogen and oxygen atoms in total. The lowest BCUT2D eigenvalue weighted by Crippen LogP contribution is -2.53. The van der Waals surface area contributed by atoms with Gasteiger partial charge in [0.1, 0.15) is 6.54 Å². The molecule has 4 heterocycles. The van der Waals surface area contributed by atoms with Crippen molar-refractivity contribution in [3.63, 3.8) is 0 Å². The Morgan fingerprint density at radius 2 is 1.73 bits per heavy atom. The van der Waals surface area contributed by atoms with Crippen LogP contribution in [0, 0.1) is 19.8 Å². The van der Waals surface area contributed by atoms with Crippen molar-refractivity contribution in [1.82, 2.24) is 24.5 Å². The number of fused-ring (bicyclic) bond motifs is 5. The number of rotatable bonds is 4. The number of aromatic nitrogens is 2. The number of hydrogen-bond donors (Lipinski definition) is 0. The maximum Gasteiger partial charge on any atom is 0.274 e. The van der Waals surface area contributed by atoms with Gasteiger partial charge in [0, 0.05) is 68.3 Å². The van der Waals surface area contributed by atoms with Crippen molar-refractivity contribution in [1.29, 1.82) is 0 Å². The van der Waals surface area contributed by atoms with E-state index in [9.17, 15) is 9.59 Å². The molecule has 8 heteroatoms. The van der Waals surface area contributed by atoms with Gasteiger partial charge in [-0.05, 0) is 75.6 Å². The van der Waals surface area contributed by atoms with Gasteiger partial charge in [0.2, 0.25) is 5.91 Å². The van der Waals surface area contributed by atoms with Gasteiger partial charge in [-0.15, -0.1) is 0 Å². The summed E-state index contributed by atoms with van der Waals surface area (Å²) in [6.45, 7) is 9.28. The van der Waals surface area contributed by atoms with E-state index < -0.39 is 0 Å². The molecule has 4 fully saturated rings. The highest BCUT2D eigenvalue weighted by molar-refractivity contribution is 5.95. The smallest absolute Gasteiger partial charge is 0.274 e. The highest BCUT2D eigenvalue weighted by atomic mass is 16.2. The fourth-order valence-electron chi connectivity index (χ4n) is 7.41. The summed E-state index contributed by atoms with van der Waals surface area (Å²) in [6.07, 6.45) is 4.48. The second-order valence-electron chi connectivity index (χ2n) is 12.0. The molecule has 2 bridgehead atoms. The second kappa shape index (κ2) is 8.58. The highest BCUT2D eigenvalue weighted by Gasteiger charge is 2.51. The van der Waals surface area contributed by atoms with E-state index in [1.54, 1.807) is 0 Å². The summed E-state index contributed by atoms with van der Waals surface area (Å²) < 4.78 is 1.89. The molecule has 2 aromatic rings. The number of hydrogen-bond acceptors (Lipinski definition) is 5. The molecule has 3 saturated heterocycles. The van der Waals surface area contributed by atoms with Crippen LogP contribution in [0.25, 0.3) is 0 Å². The van der Waals surface area contributed by atoms with E-state index in [2.05, 4.69) is 48.9 Å². The third-order valence-electron chi connectivity index (χ3n) is 10.0. The summed E-state index contributed by atoms with van der Waals surface area (Å²) in [6, 6.07) is 7.38. The van der Waals surface area contributed by atoms with Crippen molar-refractivity contribution < 1.29 is 9.59 Å². The van der Waals surface area contributed by atoms with Gasteiger partial charge >= 0.3 is 0 Å². The van der Waals surface area contributed by atoms with Gasteiger partial charge in [-0.1, -0.05) is 12.1 Å². The molecule has 1 saturated carbocycles. The predicted molar refractivity (Wildman–Crippen MR) is 142 cm³/mol. The van der Waals surface area contributed by atoms with Gasteiger partial charge in [0.25, 0.3) is 5.91 Å². The van der Waals surface area contributed by atoms with Gasteiger partial charge < -0.3 is 14.7 Å². The maximum atomic E-state index is 13.7. The molecule has 5 aliphatic rings. The summed E-state index contributed by atoms with van der Waals surface area (Å²) in [5, 5.41) is 4.85. The monoisotopic (exact) mass is 502 g/mol. The van der Waals surface area contributed by atoms with Crippen LogP contribution in [-0.2, 0) is 17.8 Å². The molecule has 3 aliphatic heterocycles. The van der Waals surface area contributed by atoms with Crippen LogP contribution in [0.3, 0.4) is 0 Å². The quantitative estimate of drug-likeness (QED) is 0.643. The third kappa shape index (κ3) is 3.78. The Hall–Kier alpha value is -2.87. The molecule has 1 aromatic heterocycles. The Bertz CT molecular complexity index is 1250. The summed E-state index contributed by atoms with van der Waals surface area (Å²) >= 11 is 0. The minimum Gasteiger partial charge on any atom is -0.368 e. The number of amides is 2. The van der Waals surface area contributed by atoms with Crippen LogP contribution in [-0.4, -0.2) is 94.7 Å². The zero-order valence-electron chi connectivity index (χ0n) is 22.3. The van der Waals surface area contributed by atoms with E-state index in [-0.39, 0.29) is 18.4 Å². The zero-order chi connectivity index (χ0) is 25.4. The van der Waals surface area contributed by atoms with Crippen molar-refractivity contribution in [2.45, 2.75) is 64.1 Å². The van der Waals surface area contributed by atoms with Gasteiger partial charge in [0.15, 0.2) is 5.69 Å². The van der Waals surface area contributed by atoms with Crippen molar-refractivity contribution in [2.75, 3.05) is 51.2 Å². The molecule has 1 aromatic carbocycles. The molecule has 2 amide bonds. The minimum absolute atomic E-state index is 0.0853. The molecule has 7 rings (SSSR count). The van der Waals surface area contributed by atoms with Crippen molar-refractivity contribution in [3.05, 3.63) is 46.3 Å². The van der Waals surface area contributed by atoms with Crippen molar-refractivity contribution >= 4 is 17.5 Å². The summed E-state index contributed by atoms with van der Waals surface area (Å²) in [7, 11) is 2.19. The normalized spacial score (nSPS) is 28.5. The molecule has 0 spiro atoms. The fourth-order valence-corrected chi connectivity index (χ4v) is 7.41. The number of likely N-dealkylation sites (N-methyl/N-ethyl adjacent to an activating group) is 1. The Labute approximate surface area is 219 Å². The van der Waals surface area contributed by atoms with E-state index in [1.165, 1.54) is 36.1 Å². The van der Waals surface area contributed by atoms with Crippen LogP contribution in [0.4, 0.5) is 5.69 Å². The van der Waals surface area contributed by atoms with Crippen LogP contribution >= 0.6 is 0 Å². The number of nitrogens with zero attached hydrogens (tertiary/aromatic N) is 6. The number of anilines is 1. The number of carbonyl (C=O) groups is 2. The number of benzene rings is 1. The first-order valence-electron chi connectivity index (χ1n) is 14.1. The Morgan fingerprint density at radius 3 is 2.46 bits per heavy atom. The number of carbonyl (C=O) groups excluding carboxylic acids is 2. The lowest BCUT2D eigenvalue weighted by molar-refractivity contribution is -0.132. The number of likely N-dealkylation sites (tertiary alicyclic amines) is 1. The molecule has 196 valence electrons. The standard InChI is InChI=1S/C29H38N6O2/c1-18-5-4-6-24(19(18)2)32-9-11-33(12-10-32)26(36)17-35-25-14-20-13-23(20)27(25)28(30-35)29(37)34-15-21-7-8-22(16-34)31(21)3/h4-6,20-23H,7-17H2,1-3H3/t20-,21?,22?,23-/m1/s1. The third-order valence-corrected chi connectivity index (χ3v) is 10.0. The average molecular weight is 503 g/mol. The summed E-state index contributed by atoms with van der Waals surface area (Å²) in [5.41, 5.74) is 6.83. The number of piperazine rings is 2. The van der Waals surface area contributed by atoms with Crippen LogP contribution in [0.5, 0.6) is 0 Å². The van der Waals surface area contributed by atoms with Crippen LogP contribution in [0.1, 0.15) is 58.1 Å². The maximum absolute atomic E-state index is 13.7. The second-order valence-corrected chi connectivity index (χ2v) is 12.0. The molecule has 0 radical (unpaired) electrons. The Kier molecular flexibility index (Phi) is 5.40. The minimum atomic E-state index is 0.0853. The first-order chi connectivity index (χ1) is 17.9. The largest absolute Gasteiger partial charge is 0.368 e. The zero-order valence-corrected chi connectivity index (χ0v) is 22.3. The SMILES string of the molecule is Cc1cccc(N2CCN(C(=O)Cn3nc(C(=O)N4CC5CCC(C4)N5C)c4c3C[C@H]3C[C@@H]43)CC2)c1C. The van der Waals surface area contributed by atoms with Crippen LogP contribution < -0.4 is 4.90 Å². The van der Waals surface area contributed by atoms with Gasteiger partial charge in [-0.3, -0.25) is 19.2 Å². The van der Waals surface area contributed by atoms with E-state index in [0.29, 0.717) is 29.6 Å². The fraction of sp³-hybridized carbons (Fsp3) is 0.621. The summed E-state index contributed by atoms with van der Waals surface area (Å²) in [5.74, 6) is 1.32. The lowest BCUT2D eigenvalue weighted by atomic mass is 10.1. The average Bonchev–Trinajstić information content (AvgIpc) is 3.37. The van der Waals surface area contributed by atoms with E-state index in [0.717, 1.165) is 56.9 Å². The first-order valence-corrected chi connectivity index (χ1v) is 14.1. The lowest BCUT2D eigenvalue weighted by Gasteiger charge is -2.38. The summed E-state index contributed by atoms with van der Waals surface area (Å²) in [4.78, 5) is 35.9.